The highest BCUT2D eigenvalue weighted by Gasteiger charge is 2.02. The summed E-state index contributed by atoms with van der Waals surface area (Å²) in [6.45, 7) is 2.55. The molecular formula is C15H26O7Si. The lowest BCUT2D eigenvalue weighted by molar-refractivity contribution is -0.136. The number of rotatable bonds is 11. The lowest BCUT2D eigenvalue weighted by atomic mass is 10.1. The summed E-state index contributed by atoms with van der Waals surface area (Å²) in [5.41, 5.74) is 0.680. The van der Waals surface area contributed by atoms with Gasteiger partial charge in [-0.05, 0) is 18.1 Å². The van der Waals surface area contributed by atoms with E-state index in [0.29, 0.717) is 38.4 Å². The molecule has 8 heteroatoms. The first-order chi connectivity index (χ1) is 11.1. The number of carboxylic acid groups (broad SMARTS) is 1. The Balaban J connectivity index is 0.000000423. The summed E-state index contributed by atoms with van der Waals surface area (Å²) in [5, 5.41) is 17.6. The van der Waals surface area contributed by atoms with Gasteiger partial charge in [0.2, 0.25) is 0 Å². The number of methoxy groups -OCH3 is 2. The molecule has 1 aromatic carbocycles. The monoisotopic (exact) mass is 346 g/mol. The number of carbonyl (C=O) groups is 1. The average Bonchev–Trinajstić information content (AvgIpc) is 2.54. The zero-order chi connectivity index (χ0) is 17.3. The van der Waals surface area contributed by atoms with Crippen molar-refractivity contribution in [3.05, 3.63) is 29.8 Å². The van der Waals surface area contributed by atoms with Crippen molar-refractivity contribution in [3.63, 3.8) is 0 Å². The third kappa shape index (κ3) is 13.9. The predicted molar refractivity (Wildman–Crippen MR) is 88.3 cm³/mol. The third-order valence-corrected chi connectivity index (χ3v) is 3.54. The third-order valence-electron chi connectivity index (χ3n) is 2.63. The van der Waals surface area contributed by atoms with Gasteiger partial charge in [-0.2, -0.15) is 0 Å². The van der Waals surface area contributed by atoms with Crippen LogP contribution in [0.4, 0.5) is 0 Å². The van der Waals surface area contributed by atoms with Gasteiger partial charge in [0.1, 0.15) is 5.75 Å². The highest BCUT2D eigenvalue weighted by Crippen LogP contribution is 2.16. The maximum atomic E-state index is 10.2. The zero-order valence-electron chi connectivity index (χ0n) is 13.7. The standard InChI is InChI=1S/C9H10O3.C6H16O4Si/c10-8-4-2-1-3-7(8)5-6-9(11)12;1-7-3-5-9-11-10-6-4-8-2/h1-4,10H,5-6H2,(H,11,12);3-6,11H2,1-2H3. The number of carboxylic acids is 1. The molecule has 0 radical (unpaired) electrons. The van der Waals surface area contributed by atoms with Gasteiger partial charge in [-0.3, -0.25) is 4.79 Å². The number of aliphatic carboxylic acids is 1. The van der Waals surface area contributed by atoms with Crippen LogP contribution in [0, 0.1) is 0 Å². The molecule has 0 amide bonds. The van der Waals surface area contributed by atoms with Crippen LogP contribution in [0.3, 0.4) is 0 Å². The van der Waals surface area contributed by atoms with E-state index in [4.69, 9.17) is 23.4 Å². The fraction of sp³-hybridized carbons (Fsp3) is 0.533. The van der Waals surface area contributed by atoms with E-state index in [9.17, 15) is 9.90 Å². The van der Waals surface area contributed by atoms with Crippen LogP contribution in [0.2, 0.25) is 0 Å². The largest absolute Gasteiger partial charge is 0.508 e. The Morgan fingerprint density at radius 2 is 1.61 bits per heavy atom. The molecule has 0 spiro atoms. The molecule has 0 saturated carbocycles. The summed E-state index contributed by atoms with van der Waals surface area (Å²) in [7, 11) is 2.51. The fourth-order valence-electron chi connectivity index (χ4n) is 1.43. The maximum Gasteiger partial charge on any atom is 0.304 e. The summed E-state index contributed by atoms with van der Waals surface area (Å²) in [6, 6.07) is 6.76. The summed E-state index contributed by atoms with van der Waals surface area (Å²) in [5.74, 6) is -0.683. The summed E-state index contributed by atoms with van der Waals surface area (Å²) >= 11 is 0. The molecule has 0 aliphatic rings. The predicted octanol–water partition coefficient (Wildman–Crippen LogP) is 0.721. The van der Waals surface area contributed by atoms with Gasteiger partial charge in [0.15, 0.2) is 0 Å². The number of para-hydroxylation sites is 1. The Morgan fingerprint density at radius 3 is 2.09 bits per heavy atom. The Labute approximate surface area is 139 Å². The van der Waals surface area contributed by atoms with Gasteiger partial charge >= 0.3 is 16.0 Å². The van der Waals surface area contributed by atoms with Gasteiger partial charge < -0.3 is 28.5 Å². The van der Waals surface area contributed by atoms with E-state index in [1.54, 1.807) is 38.5 Å². The average molecular weight is 346 g/mol. The Hall–Kier alpha value is -1.45. The van der Waals surface area contributed by atoms with Crippen molar-refractivity contribution in [3.8, 4) is 5.75 Å². The van der Waals surface area contributed by atoms with Gasteiger partial charge in [-0.15, -0.1) is 0 Å². The molecule has 0 heterocycles. The first-order valence-corrected chi connectivity index (χ1v) is 8.39. The minimum Gasteiger partial charge on any atom is -0.508 e. The van der Waals surface area contributed by atoms with Gasteiger partial charge in [0.25, 0.3) is 0 Å². The second kappa shape index (κ2) is 15.4. The molecular weight excluding hydrogens is 320 g/mol. The van der Waals surface area contributed by atoms with Crippen LogP contribution in [0.1, 0.15) is 12.0 Å². The topological polar surface area (TPSA) is 94.5 Å². The van der Waals surface area contributed by atoms with Crippen molar-refractivity contribution in [2.45, 2.75) is 12.8 Å². The fourth-order valence-corrected chi connectivity index (χ4v) is 2.01. The number of ether oxygens (including phenoxy) is 2. The number of hydrogen-bond acceptors (Lipinski definition) is 6. The zero-order valence-corrected chi connectivity index (χ0v) is 15.1. The molecule has 0 aliphatic carbocycles. The van der Waals surface area contributed by atoms with Crippen LogP contribution in [-0.2, 0) is 29.5 Å². The first kappa shape index (κ1) is 21.5. The second-order valence-electron chi connectivity index (χ2n) is 4.44. The van der Waals surface area contributed by atoms with Crippen molar-refractivity contribution in [2.24, 2.45) is 0 Å². The van der Waals surface area contributed by atoms with E-state index < -0.39 is 16.0 Å². The number of phenolic OH excluding ortho intramolecular Hbond substituents is 1. The van der Waals surface area contributed by atoms with Crippen molar-refractivity contribution in [1.29, 1.82) is 0 Å². The van der Waals surface area contributed by atoms with Crippen LogP contribution in [0.25, 0.3) is 0 Å². The van der Waals surface area contributed by atoms with E-state index in [0.717, 1.165) is 0 Å². The first-order valence-electron chi connectivity index (χ1n) is 7.23. The minimum absolute atomic E-state index is 0.0531. The molecule has 7 nitrogen and oxygen atoms in total. The van der Waals surface area contributed by atoms with Gasteiger partial charge in [-0.1, -0.05) is 18.2 Å². The quantitative estimate of drug-likeness (QED) is 0.450. The lowest BCUT2D eigenvalue weighted by Gasteiger charge is -2.03. The van der Waals surface area contributed by atoms with Gasteiger partial charge in [0, 0.05) is 20.6 Å². The normalized spacial score (nSPS) is 10.0. The number of aromatic hydroxyl groups is 1. The molecule has 0 aromatic heterocycles. The lowest BCUT2D eigenvalue weighted by Crippen LogP contribution is -2.12. The van der Waals surface area contributed by atoms with Crippen LogP contribution in [0.15, 0.2) is 24.3 Å². The SMILES string of the molecule is COCCO[SiH2]OCCOC.O=C(O)CCc1ccccc1O. The van der Waals surface area contributed by atoms with E-state index in [1.165, 1.54) is 0 Å². The molecule has 0 fully saturated rings. The molecule has 132 valence electrons. The highest BCUT2D eigenvalue weighted by molar-refractivity contribution is 6.17. The van der Waals surface area contributed by atoms with Gasteiger partial charge in [-0.25, -0.2) is 0 Å². The number of hydrogen-bond donors (Lipinski definition) is 2. The number of benzene rings is 1. The van der Waals surface area contributed by atoms with Crippen molar-refractivity contribution in [2.75, 3.05) is 40.6 Å². The van der Waals surface area contributed by atoms with E-state index in [1.807, 2.05) is 0 Å². The molecule has 0 saturated heterocycles. The molecule has 1 aromatic rings. The van der Waals surface area contributed by atoms with Crippen LogP contribution in [0.5, 0.6) is 5.75 Å². The molecule has 0 unspecified atom stereocenters. The highest BCUT2D eigenvalue weighted by atomic mass is 28.3. The Kier molecular flexibility index (Phi) is 14.5. The van der Waals surface area contributed by atoms with Gasteiger partial charge in [0.05, 0.1) is 26.4 Å². The minimum atomic E-state index is -0.849. The summed E-state index contributed by atoms with van der Waals surface area (Å²) in [4.78, 5) is 10.2. The maximum absolute atomic E-state index is 10.2. The second-order valence-corrected chi connectivity index (χ2v) is 5.49. The van der Waals surface area contributed by atoms with Crippen molar-refractivity contribution >= 4 is 16.0 Å². The smallest absolute Gasteiger partial charge is 0.304 e. The van der Waals surface area contributed by atoms with Crippen LogP contribution >= 0.6 is 0 Å². The van der Waals surface area contributed by atoms with E-state index >= 15 is 0 Å². The van der Waals surface area contributed by atoms with Crippen LogP contribution in [-0.4, -0.2) is 66.8 Å². The van der Waals surface area contributed by atoms with Crippen LogP contribution < -0.4 is 0 Å². The summed E-state index contributed by atoms with van der Waals surface area (Å²) < 4.78 is 19.9. The molecule has 0 atom stereocenters. The van der Waals surface area contributed by atoms with E-state index in [-0.39, 0.29) is 12.2 Å². The Morgan fingerprint density at radius 1 is 1.04 bits per heavy atom. The molecule has 2 N–H and O–H groups in total. The molecule has 0 bridgehead atoms. The van der Waals surface area contributed by atoms with E-state index in [2.05, 4.69) is 0 Å². The number of phenols is 1. The Bertz CT molecular complexity index is 407. The van der Waals surface area contributed by atoms with Crippen molar-refractivity contribution < 1.29 is 33.3 Å². The molecule has 1 rings (SSSR count). The van der Waals surface area contributed by atoms with Crippen molar-refractivity contribution in [1.82, 2.24) is 0 Å². The summed E-state index contributed by atoms with van der Waals surface area (Å²) in [6.07, 6.45) is 0.430. The molecule has 0 aliphatic heterocycles. The number of aryl methyl sites for hydroxylation is 1. The molecule has 23 heavy (non-hydrogen) atoms.